The van der Waals surface area contributed by atoms with Crippen molar-refractivity contribution >= 4 is 15.7 Å². The number of sulfone groups is 1. The van der Waals surface area contributed by atoms with Crippen LogP contribution in [0.1, 0.15) is 26.3 Å². The molecular weight excluding hydrogens is 438 g/mol. The van der Waals surface area contributed by atoms with Crippen molar-refractivity contribution < 1.29 is 19.8 Å². The third-order valence-corrected chi connectivity index (χ3v) is 7.20. The first-order valence-corrected chi connectivity index (χ1v) is 11.6. The van der Waals surface area contributed by atoms with E-state index in [4.69, 9.17) is 17.1 Å². The first kappa shape index (κ1) is 17.0. The minimum absolute atomic E-state index is 0.106. The molecule has 9 heteroatoms. The lowest BCUT2D eigenvalue weighted by Gasteiger charge is -2.09. The summed E-state index contributed by atoms with van der Waals surface area (Å²) in [6.45, 7) is -1.67. The zero-order valence-corrected chi connectivity index (χ0v) is 18.7. The maximum Gasteiger partial charge on any atom is 0.189 e. The second-order valence-electron chi connectivity index (χ2n) is 7.51. The largest absolute Gasteiger partial charge is 0.382 e. The Morgan fingerprint density at radius 1 is 1.09 bits per heavy atom. The van der Waals surface area contributed by atoms with Crippen molar-refractivity contribution in [1.29, 1.82) is 0 Å². The molecule has 170 valence electrons. The van der Waals surface area contributed by atoms with Crippen molar-refractivity contribution in [2.45, 2.75) is 30.5 Å². The van der Waals surface area contributed by atoms with Gasteiger partial charge in [0.25, 0.3) is 0 Å². The number of rotatable bonds is 7. The highest BCUT2D eigenvalue weighted by atomic mass is 32.2. The molecule has 2 heterocycles. The summed E-state index contributed by atoms with van der Waals surface area (Å²) in [6.07, 6.45) is 1.47. The fourth-order valence-corrected chi connectivity index (χ4v) is 4.19. The van der Waals surface area contributed by atoms with Crippen LogP contribution >= 0.6 is 0 Å². The van der Waals surface area contributed by atoms with Crippen LogP contribution in [-0.2, 0) is 16.3 Å². The van der Waals surface area contributed by atoms with E-state index in [2.05, 4.69) is 15.1 Å². The summed E-state index contributed by atoms with van der Waals surface area (Å²) >= 11 is 0. The van der Waals surface area contributed by atoms with Gasteiger partial charge in [0.1, 0.15) is 5.69 Å². The SMILES string of the molecule is [2H]C([2H])([2H])NC([2H])([2H])c1ccc(-c2cc(-c3nc(-c4ccc(S(=O)(=O)C(C)C)cc4)cnc3N)on2)cc1. The van der Waals surface area contributed by atoms with Crippen molar-refractivity contribution in [2.24, 2.45) is 0 Å². The quantitative estimate of drug-likeness (QED) is 0.418. The molecule has 8 nitrogen and oxygen atoms in total. The lowest BCUT2D eigenvalue weighted by molar-refractivity contribution is 0.434. The Balaban J connectivity index is 1.60. The molecule has 0 fully saturated rings. The van der Waals surface area contributed by atoms with Crippen LogP contribution in [0.15, 0.2) is 70.2 Å². The van der Waals surface area contributed by atoms with Gasteiger partial charge in [-0.3, -0.25) is 0 Å². The van der Waals surface area contributed by atoms with Gasteiger partial charge in [-0.1, -0.05) is 41.6 Å². The first-order valence-electron chi connectivity index (χ1n) is 12.5. The van der Waals surface area contributed by atoms with Crippen LogP contribution in [0.25, 0.3) is 34.0 Å². The number of hydrogen-bond acceptors (Lipinski definition) is 8. The van der Waals surface area contributed by atoms with Crippen molar-refractivity contribution in [1.82, 2.24) is 20.4 Å². The number of benzene rings is 2. The summed E-state index contributed by atoms with van der Waals surface area (Å²) in [5.41, 5.74) is 8.53. The smallest absolute Gasteiger partial charge is 0.189 e. The van der Waals surface area contributed by atoms with Crippen LogP contribution < -0.4 is 11.1 Å². The molecule has 0 unspecified atom stereocenters. The average Bonchev–Trinajstić information content (AvgIpc) is 3.33. The third kappa shape index (κ3) is 4.64. The van der Waals surface area contributed by atoms with Gasteiger partial charge in [-0.05, 0) is 38.5 Å². The highest BCUT2D eigenvalue weighted by molar-refractivity contribution is 7.92. The molecule has 0 radical (unpaired) electrons. The van der Waals surface area contributed by atoms with Crippen molar-refractivity contribution in [3.05, 3.63) is 66.4 Å². The second-order valence-corrected chi connectivity index (χ2v) is 10.0. The predicted octanol–water partition coefficient (Wildman–Crippen LogP) is 3.95. The molecular formula is C24H25N5O3S. The molecule has 0 atom stereocenters. The monoisotopic (exact) mass is 468 g/mol. The molecule has 0 amide bonds. The van der Waals surface area contributed by atoms with Gasteiger partial charge in [-0.25, -0.2) is 18.4 Å². The molecule has 4 rings (SSSR count). The zero-order valence-electron chi connectivity index (χ0n) is 22.9. The van der Waals surface area contributed by atoms with Gasteiger partial charge >= 0.3 is 0 Å². The van der Waals surface area contributed by atoms with E-state index in [1.807, 2.05) is 5.32 Å². The molecule has 0 aliphatic heterocycles. The van der Waals surface area contributed by atoms with Crippen LogP contribution in [0.2, 0.25) is 0 Å². The average molecular weight is 469 g/mol. The van der Waals surface area contributed by atoms with E-state index in [-0.39, 0.29) is 27.7 Å². The van der Waals surface area contributed by atoms with Crippen molar-refractivity contribution in [3.8, 4) is 34.0 Å². The van der Waals surface area contributed by atoms with Crippen LogP contribution in [0, 0.1) is 0 Å². The highest BCUT2D eigenvalue weighted by Crippen LogP contribution is 2.30. The third-order valence-electron chi connectivity index (χ3n) is 5.03. The summed E-state index contributed by atoms with van der Waals surface area (Å²) in [5, 5.41) is 5.48. The van der Waals surface area contributed by atoms with Gasteiger partial charge in [0, 0.05) is 30.5 Å². The zero-order chi connectivity index (χ0) is 27.9. The minimum Gasteiger partial charge on any atom is -0.382 e. The van der Waals surface area contributed by atoms with Gasteiger partial charge in [0.05, 0.1) is 22.0 Å². The molecule has 4 aromatic rings. The molecule has 0 aliphatic rings. The second kappa shape index (κ2) is 9.13. The first-order chi connectivity index (χ1) is 17.7. The number of anilines is 1. The van der Waals surface area contributed by atoms with Gasteiger partial charge in [-0.2, -0.15) is 0 Å². The molecule has 0 aliphatic carbocycles. The van der Waals surface area contributed by atoms with E-state index in [9.17, 15) is 8.42 Å². The van der Waals surface area contributed by atoms with E-state index in [0.717, 1.165) is 0 Å². The summed E-state index contributed by atoms with van der Waals surface area (Å²) in [7, 11) is -3.41. The van der Waals surface area contributed by atoms with E-state index in [1.165, 1.54) is 30.5 Å². The van der Waals surface area contributed by atoms with E-state index in [1.54, 1.807) is 44.2 Å². The van der Waals surface area contributed by atoms with E-state index < -0.39 is 28.6 Å². The Hall–Kier alpha value is -3.56. The van der Waals surface area contributed by atoms with Crippen LogP contribution in [0.4, 0.5) is 5.82 Å². The number of hydrogen-bond donors (Lipinski definition) is 2. The molecule has 0 saturated heterocycles. The number of nitrogens with one attached hydrogen (secondary N) is 1. The minimum atomic E-state index is -3.41. The molecule has 3 N–H and O–H groups in total. The molecule has 2 aromatic carbocycles. The maximum absolute atomic E-state index is 12.4. The Bertz CT molecular complexity index is 1550. The maximum atomic E-state index is 12.4. The van der Waals surface area contributed by atoms with E-state index >= 15 is 0 Å². The standard InChI is InChI=1S/C24H25N5O3S/c1-15(2)33(30,31)19-10-8-18(9-11-19)21-14-27-24(25)23(28-21)22-12-20(29-32-22)17-6-4-16(5-7-17)13-26-3/h4-12,14-15,26H,13H2,1-3H3,(H2,25,27)/i3D3,13D2. The number of nitrogen functional groups attached to an aromatic ring is 1. The van der Waals surface area contributed by atoms with Crippen molar-refractivity contribution in [2.75, 3.05) is 12.7 Å². The Morgan fingerprint density at radius 2 is 1.76 bits per heavy atom. The topological polar surface area (TPSA) is 124 Å². The van der Waals surface area contributed by atoms with Gasteiger partial charge in [0.2, 0.25) is 0 Å². The van der Waals surface area contributed by atoms with Gasteiger partial charge < -0.3 is 15.6 Å². The fourth-order valence-electron chi connectivity index (χ4n) is 3.13. The van der Waals surface area contributed by atoms with Crippen LogP contribution in [-0.4, -0.2) is 35.8 Å². The molecule has 33 heavy (non-hydrogen) atoms. The fraction of sp³-hybridized carbons (Fsp3) is 0.208. The number of nitrogens with zero attached hydrogens (tertiary/aromatic N) is 3. The Kier molecular flexibility index (Phi) is 4.70. The summed E-state index contributed by atoms with van der Waals surface area (Å²) in [4.78, 5) is 8.96. The normalized spacial score (nSPS) is 14.8. The van der Waals surface area contributed by atoms with Gasteiger partial charge in [0.15, 0.2) is 27.1 Å². The lowest BCUT2D eigenvalue weighted by Crippen LogP contribution is -2.13. The molecule has 0 bridgehead atoms. The summed E-state index contributed by atoms with van der Waals surface area (Å²) in [6, 6.07) is 14.0. The van der Waals surface area contributed by atoms with E-state index in [0.29, 0.717) is 22.5 Å². The van der Waals surface area contributed by atoms with Crippen LogP contribution in [0.3, 0.4) is 0 Å². The number of aromatic nitrogens is 3. The van der Waals surface area contributed by atoms with Crippen LogP contribution in [0.5, 0.6) is 0 Å². The predicted molar refractivity (Wildman–Crippen MR) is 128 cm³/mol. The number of nitrogens with two attached hydrogens (primary N) is 1. The van der Waals surface area contributed by atoms with Crippen molar-refractivity contribution in [3.63, 3.8) is 0 Å². The molecule has 0 spiro atoms. The molecule has 2 aromatic heterocycles. The molecule has 0 saturated carbocycles. The summed E-state index contributed by atoms with van der Waals surface area (Å²) < 4.78 is 68.0. The Morgan fingerprint density at radius 3 is 2.42 bits per heavy atom. The highest BCUT2D eigenvalue weighted by Gasteiger charge is 2.20. The Labute approximate surface area is 199 Å². The summed E-state index contributed by atoms with van der Waals surface area (Å²) in [5.74, 6) is 0.351. The lowest BCUT2D eigenvalue weighted by atomic mass is 10.1. The van der Waals surface area contributed by atoms with Gasteiger partial charge in [-0.15, -0.1) is 0 Å².